The number of rotatable bonds is 3. The fourth-order valence-electron chi connectivity index (χ4n) is 1.98. The fourth-order valence-corrected chi connectivity index (χ4v) is 2.97. The standard InChI is InChI=1S/C13H10BrF3IN3/c14-11-2-1-7(18)5-8(11)12(21-19)9-6-20-4-3-10(9)13(15,16)17/h1-6,12,21H,19H2. The molecule has 21 heavy (non-hydrogen) atoms. The summed E-state index contributed by atoms with van der Waals surface area (Å²) >= 11 is 5.43. The van der Waals surface area contributed by atoms with Gasteiger partial charge in [-0.3, -0.25) is 10.8 Å². The van der Waals surface area contributed by atoms with Crippen LogP contribution in [0.15, 0.2) is 41.1 Å². The van der Waals surface area contributed by atoms with Gasteiger partial charge >= 0.3 is 6.18 Å². The van der Waals surface area contributed by atoms with Gasteiger partial charge in [-0.15, -0.1) is 0 Å². The van der Waals surface area contributed by atoms with Gasteiger partial charge in [0.15, 0.2) is 0 Å². The molecule has 0 bridgehead atoms. The molecule has 1 atom stereocenters. The van der Waals surface area contributed by atoms with Gasteiger partial charge in [-0.2, -0.15) is 13.2 Å². The van der Waals surface area contributed by atoms with Crippen LogP contribution in [-0.4, -0.2) is 4.98 Å². The molecule has 0 aliphatic carbocycles. The SMILES string of the molecule is NNC(c1cc(I)ccc1Br)c1cnccc1C(F)(F)F. The first kappa shape index (κ1) is 16.7. The first-order chi connectivity index (χ1) is 9.84. The van der Waals surface area contributed by atoms with Crippen LogP contribution in [0, 0.1) is 3.57 Å². The van der Waals surface area contributed by atoms with E-state index in [0.29, 0.717) is 10.0 Å². The minimum atomic E-state index is -4.47. The highest BCUT2D eigenvalue weighted by Gasteiger charge is 2.35. The van der Waals surface area contributed by atoms with E-state index in [0.717, 1.165) is 15.8 Å². The maximum atomic E-state index is 13.1. The Kier molecular flexibility index (Phi) is 5.23. The summed E-state index contributed by atoms with van der Waals surface area (Å²) in [6.07, 6.45) is -2.18. The lowest BCUT2D eigenvalue weighted by atomic mass is 9.96. The van der Waals surface area contributed by atoms with E-state index in [1.54, 1.807) is 12.1 Å². The number of pyridine rings is 1. The monoisotopic (exact) mass is 471 g/mol. The number of nitrogens with two attached hydrogens (primary N) is 1. The Morgan fingerprint density at radius 1 is 1.24 bits per heavy atom. The Labute approximate surface area is 141 Å². The molecule has 0 saturated heterocycles. The molecule has 2 aromatic rings. The smallest absolute Gasteiger partial charge is 0.271 e. The molecule has 0 saturated carbocycles. The first-order valence-electron chi connectivity index (χ1n) is 5.76. The summed E-state index contributed by atoms with van der Waals surface area (Å²) in [5, 5.41) is 0. The lowest BCUT2D eigenvalue weighted by Crippen LogP contribution is -2.31. The zero-order chi connectivity index (χ0) is 15.6. The molecule has 1 heterocycles. The second-order valence-corrected chi connectivity index (χ2v) is 6.33. The number of aromatic nitrogens is 1. The zero-order valence-electron chi connectivity index (χ0n) is 10.5. The largest absolute Gasteiger partial charge is 0.416 e. The predicted octanol–water partition coefficient (Wildman–Crippen LogP) is 4.02. The predicted molar refractivity (Wildman–Crippen MR) is 85.3 cm³/mol. The Bertz CT molecular complexity index is 649. The zero-order valence-corrected chi connectivity index (χ0v) is 14.2. The van der Waals surface area contributed by atoms with Gasteiger partial charge in [-0.1, -0.05) is 15.9 Å². The van der Waals surface area contributed by atoms with E-state index in [4.69, 9.17) is 5.84 Å². The molecule has 0 spiro atoms. The average Bonchev–Trinajstić information content (AvgIpc) is 2.43. The minimum Gasteiger partial charge on any atom is -0.271 e. The Morgan fingerprint density at radius 3 is 2.57 bits per heavy atom. The number of benzene rings is 1. The molecule has 1 aromatic carbocycles. The van der Waals surface area contributed by atoms with Crippen LogP contribution in [0.25, 0.3) is 0 Å². The van der Waals surface area contributed by atoms with Crippen LogP contribution < -0.4 is 11.3 Å². The molecule has 1 aromatic heterocycles. The number of hydrazine groups is 1. The van der Waals surface area contributed by atoms with E-state index >= 15 is 0 Å². The summed E-state index contributed by atoms with van der Waals surface area (Å²) in [5.41, 5.74) is 2.28. The van der Waals surface area contributed by atoms with Crippen LogP contribution in [0.2, 0.25) is 0 Å². The first-order valence-corrected chi connectivity index (χ1v) is 7.64. The van der Waals surface area contributed by atoms with E-state index in [2.05, 4.69) is 48.9 Å². The van der Waals surface area contributed by atoms with Gasteiger partial charge in [0.25, 0.3) is 0 Å². The van der Waals surface area contributed by atoms with Crippen LogP contribution in [0.3, 0.4) is 0 Å². The summed E-state index contributed by atoms with van der Waals surface area (Å²) < 4.78 is 41.0. The van der Waals surface area contributed by atoms with Crippen molar-refractivity contribution in [1.29, 1.82) is 0 Å². The van der Waals surface area contributed by atoms with Crippen molar-refractivity contribution in [2.24, 2.45) is 5.84 Å². The summed E-state index contributed by atoms with van der Waals surface area (Å²) in [6, 6.07) is 5.50. The lowest BCUT2D eigenvalue weighted by Gasteiger charge is -2.22. The Morgan fingerprint density at radius 2 is 1.95 bits per heavy atom. The molecule has 112 valence electrons. The molecule has 2 rings (SSSR count). The van der Waals surface area contributed by atoms with Gasteiger partial charge in [0.2, 0.25) is 0 Å². The van der Waals surface area contributed by atoms with Crippen molar-refractivity contribution in [3.63, 3.8) is 0 Å². The highest BCUT2D eigenvalue weighted by molar-refractivity contribution is 14.1. The second-order valence-electron chi connectivity index (χ2n) is 4.23. The number of alkyl halides is 3. The van der Waals surface area contributed by atoms with E-state index < -0.39 is 17.8 Å². The van der Waals surface area contributed by atoms with Gasteiger partial charge in [-0.05, 0) is 52.4 Å². The molecule has 8 heteroatoms. The topological polar surface area (TPSA) is 50.9 Å². The lowest BCUT2D eigenvalue weighted by molar-refractivity contribution is -0.138. The molecule has 0 fully saturated rings. The summed E-state index contributed by atoms with van der Waals surface area (Å²) in [6.45, 7) is 0. The fraction of sp³-hybridized carbons (Fsp3) is 0.154. The van der Waals surface area contributed by atoms with Gasteiger partial charge in [0.1, 0.15) is 0 Å². The molecule has 0 aliphatic heterocycles. The highest BCUT2D eigenvalue weighted by Crippen LogP contribution is 2.37. The van der Waals surface area contributed by atoms with Crippen molar-refractivity contribution in [2.45, 2.75) is 12.2 Å². The molecule has 1 unspecified atom stereocenters. The summed E-state index contributed by atoms with van der Waals surface area (Å²) in [7, 11) is 0. The van der Waals surface area contributed by atoms with Gasteiger partial charge in [0, 0.05) is 26.0 Å². The highest BCUT2D eigenvalue weighted by atomic mass is 127. The molecule has 0 radical (unpaired) electrons. The third-order valence-corrected chi connectivity index (χ3v) is 4.30. The van der Waals surface area contributed by atoms with Crippen molar-refractivity contribution in [2.75, 3.05) is 0 Å². The van der Waals surface area contributed by atoms with Crippen molar-refractivity contribution in [3.05, 3.63) is 61.4 Å². The second kappa shape index (κ2) is 6.59. The Hall–Kier alpha value is -0.710. The number of hydrogen-bond acceptors (Lipinski definition) is 3. The van der Waals surface area contributed by atoms with Crippen LogP contribution in [0.1, 0.15) is 22.7 Å². The van der Waals surface area contributed by atoms with Gasteiger partial charge in [0.05, 0.1) is 11.6 Å². The van der Waals surface area contributed by atoms with Crippen molar-refractivity contribution < 1.29 is 13.2 Å². The van der Waals surface area contributed by atoms with E-state index in [-0.39, 0.29) is 5.56 Å². The molecule has 0 aliphatic rings. The number of hydrogen-bond donors (Lipinski definition) is 2. The maximum absolute atomic E-state index is 13.1. The third-order valence-electron chi connectivity index (χ3n) is 2.90. The van der Waals surface area contributed by atoms with Gasteiger partial charge in [-0.25, -0.2) is 5.43 Å². The molecule has 0 amide bonds. The van der Waals surface area contributed by atoms with E-state index in [9.17, 15) is 13.2 Å². The maximum Gasteiger partial charge on any atom is 0.416 e. The van der Waals surface area contributed by atoms with Crippen molar-refractivity contribution >= 4 is 38.5 Å². The summed E-state index contributed by atoms with van der Waals surface area (Å²) in [5.74, 6) is 5.50. The minimum absolute atomic E-state index is 0.0183. The Balaban J connectivity index is 2.60. The van der Waals surface area contributed by atoms with E-state index in [1.165, 1.54) is 6.20 Å². The van der Waals surface area contributed by atoms with Crippen LogP contribution >= 0.6 is 38.5 Å². The third kappa shape index (κ3) is 3.74. The number of nitrogens with zero attached hydrogens (tertiary/aromatic N) is 1. The van der Waals surface area contributed by atoms with Crippen LogP contribution in [0.4, 0.5) is 13.2 Å². The molecular weight excluding hydrogens is 462 g/mol. The molecule has 3 N–H and O–H groups in total. The van der Waals surface area contributed by atoms with Crippen LogP contribution in [-0.2, 0) is 6.18 Å². The van der Waals surface area contributed by atoms with E-state index in [1.807, 2.05) is 6.07 Å². The number of nitrogens with one attached hydrogen (secondary N) is 1. The van der Waals surface area contributed by atoms with Gasteiger partial charge < -0.3 is 0 Å². The molecule has 3 nitrogen and oxygen atoms in total. The molecular formula is C13H10BrF3IN3. The summed E-state index contributed by atoms with van der Waals surface area (Å²) in [4.78, 5) is 3.79. The average molecular weight is 472 g/mol. The number of halogens is 5. The van der Waals surface area contributed by atoms with Crippen molar-refractivity contribution in [1.82, 2.24) is 10.4 Å². The quantitative estimate of drug-likeness (QED) is 0.404. The van der Waals surface area contributed by atoms with Crippen LogP contribution in [0.5, 0.6) is 0 Å². The van der Waals surface area contributed by atoms with Crippen molar-refractivity contribution in [3.8, 4) is 0 Å². The normalized spacial score (nSPS) is 13.2.